The van der Waals surface area contributed by atoms with Crippen molar-refractivity contribution in [3.8, 4) is 17.2 Å². The highest BCUT2D eigenvalue weighted by Gasteiger charge is 2.21. The van der Waals surface area contributed by atoms with E-state index in [2.05, 4.69) is 13.3 Å². The van der Waals surface area contributed by atoms with Gasteiger partial charge in [-0.05, 0) is 80.8 Å². The fraction of sp³-hybridized carbons (Fsp3) is 0.500. The Morgan fingerprint density at radius 3 is 2.26 bits per heavy atom. The van der Waals surface area contributed by atoms with E-state index in [0.717, 1.165) is 44.9 Å². The first kappa shape index (κ1) is 26.0. The smallest absolute Gasteiger partial charge is 0.346 e. The summed E-state index contributed by atoms with van der Waals surface area (Å²) in [5.41, 5.74) is -0.473. The van der Waals surface area contributed by atoms with Gasteiger partial charge in [0.25, 0.3) is 0 Å². The third kappa shape index (κ3) is 8.00. The summed E-state index contributed by atoms with van der Waals surface area (Å²) >= 11 is 0. The third-order valence-electron chi connectivity index (χ3n) is 6.10. The number of carbonyl (C=O) groups excluding carboxylic acids is 1. The number of hydrogen-bond donors (Lipinski definition) is 0. The maximum atomic E-state index is 14.5. The number of carbonyl (C=O) groups is 1. The van der Waals surface area contributed by atoms with Gasteiger partial charge in [0, 0.05) is 0 Å². The first-order chi connectivity index (χ1) is 16.6. The first-order valence-electron chi connectivity index (χ1n) is 12.5. The molecule has 0 saturated heterocycles. The number of halogens is 2. The van der Waals surface area contributed by atoms with Crippen molar-refractivity contribution >= 4 is 5.97 Å². The average Bonchev–Trinajstić information content (AvgIpc) is 2.86. The van der Waals surface area contributed by atoms with Crippen molar-refractivity contribution < 1.29 is 27.8 Å². The van der Waals surface area contributed by atoms with Crippen LogP contribution in [-0.4, -0.2) is 19.2 Å². The van der Waals surface area contributed by atoms with Gasteiger partial charge < -0.3 is 14.2 Å². The van der Waals surface area contributed by atoms with E-state index in [0.29, 0.717) is 24.9 Å². The van der Waals surface area contributed by atoms with Gasteiger partial charge in [-0.3, -0.25) is 0 Å². The highest BCUT2D eigenvalue weighted by Crippen LogP contribution is 2.27. The SMILES string of the molecule is CCCCCCCCOc1ccc(C(=O)Oc2ccc(OCC3CC[CH]CC3)cc2)c(F)c1F. The van der Waals surface area contributed by atoms with Crippen molar-refractivity contribution in [2.75, 3.05) is 13.2 Å². The number of esters is 1. The van der Waals surface area contributed by atoms with Crippen molar-refractivity contribution in [2.24, 2.45) is 5.92 Å². The third-order valence-corrected chi connectivity index (χ3v) is 6.10. The highest BCUT2D eigenvalue weighted by atomic mass is 19.2. The molecule has 0 aliphatic heterocycles. The van der Waals surface area contributed by atoms with Crippen LogP contribution in [0.3, 0.4) is 0 Å². The van der Waals surface area contributed by atoms with Crippen molar-refractivity contribution in [3.63, 3.8) is 0 Å². The fourth-order valence-corrected chi connectivity index (χ4v) is 4.01. The lowest BCUT2D eigenvalue weighted by Crippen LogP contribution is -2.15. The van der Waals surface area contributed by atoms with Crippen LogP contribution in [0, 0.1) is 24.0 Å². The van der Waals surface area contributed by atoms with Gasteiger partial charge in [0.1, 0.15) is 11.5 Å². The van der Waals surface area contributed by atoms with E-state index < -0.39 is 23.2 Å². The van der Waals surface area contributed by atoms with Gasteiger partial charge >= 0.3 is 5.97 Å². The molecule has 6 heteroatoms. The summed E-state index contributed by atoms with van der Waals surface area (Å²) in [5.74, 6) is -2.14. The summed E-state index contributed by atoms with van der Waals surface area (Å²) < 4.78 is 45.3. The largest absolute Gasteiger partial charge is 0.493 e. The molecular formula is C28H35F2O4. The molecule has 1 saturated carbocycles. The lowest BCUT2D eigenvalue weighted by Gasteiger charge is -2.21. The minimum Gasteiger partial charge on any atom is -0.493 e. The number of benzene rings is 2. The average molecular weight is 474 g/mol. The molecule has 2 aromatic carbocycles. The van der Waals surface area contributed by atoms with Crippen LogP contribution in [0.25, 0.3) is 0 Å². The molecule has 1 aliphatic rings. The van der Waals surface area contributed by atoms with Crippen molar-refractivity contribution in [2.45, 2.75) is 71.1 Å². The van der Waals surface area contributed by atoms with Gasteiger partial charge in [0.2, 0.25) is 5.82 Å². The zero-order valence-corrected chi connectivity index (χ0v) is 20.0. The molecule has 0 amide bonds. The Hall–Kier alpha value is -2.63. The van der Waals surface area contributed by atoms with Gasteiger partial charge in [0.05, 0.1) is 18.8 Å². The molecule has 34 heavy (non-hydrogen) atoms. The molecule has 0 spiro atoms. The monoisotopic (exact) mass is 473 g/mol. The van der Waals surface area contributed by atoms with Crippen LogP contribution in [0.4, 0.5) is 8.78 Å². The van der Waals surface area contributed by atoms with Crippen LogP contribution < -0.4 is 14.2 Å². The molecule has 1 radical (unpaired) electrons. The molecule has 185 valence electrons. The minimum atomic E-state index is -1.27. The Morgan fingerprint density at radius 1 is 0.853 bits per heavy atom. The number of unbranched alkanes of at least 4 members (excludes halogenated alkanes) is 5. The second-order valence-electron chi connectivity index (χ2n) is 8.84. The molecule has 4 nitrogen and oxygen atoms in total. The van der Waals surface area contributed by atoms with Gasteiger partial charge in [-0.2, -0.15) is 4.39 Å². The molecule has 0 N–H and O–H groups in total. The summed E-state index contributed by atoms with van der Waals surface area (Å²) in [5, 5.41) is 0. The summed E-state index contributed by atoms with van der Waals surface area (Å²) in [6.45, 7) is 3.12. The van der Waals surface area contributed by atoms with Gasteiger partial charge in [0.15, 0.2) is 11.6 Å². The molecule has 0 heterocycles. The van der Waals surface area contributed by atoms with Crippen molar-refractivity contribution in [3.05, 3.63) is 60.0 Å². The van der Waals surface area contributed by atoms with Crippen LogP contribution >= 0.6 is 0 Å². The summed E-state index contributed by atoms with van der Waals surface area (Å²) in [7, 11) is 0. The standard InChI is InChI=1S/C28H35F2O4/c1-2-3-4-5-6-10-19-32-25-18-17-24(26(29)27(25)30)28(31)34-23-15-13-22(14-16-23)33-20-21-11-8-7-9-12-21/h7,13-18,21H,2-6,8-12,19-20H2,1H3. The number of rotatable bonds is 13. The van der Waals surface area contributed by atoms with Crippen molar-refractivity contribution in [1.29, 1.82) is 0 Å². The van der Waals surface area contributed by atoms with E-state index in [1.54, 1.807) is 24.3 Å². The number of ether oxygens (including phenoxy) is 3. The Labute approximate surface area is 201 Å². The van der Waals surface area contributed by atoms with Crippen molar-refractivity contribution in [1.82, 2.24) is 0 Å². The molecule has 2 aromatic rings. The lowest BCUT2D eigenvalue weighted by atomic mass is 9.90. The Balaban J connectivity index is 1.47. The van der Waals surface area contributed by atoms with E-state index in [4.69, 9.17) is 14.2 Å². The lowest BCUT2D eigenvalue weighted by molar-refractivity contribution is 0.0728. The van der Waals surface area contributed by atoms with E-state index in [1.807, 2.05) is 0 Å². The summed E-state index contributed by atoms with van der Waals surface area (Å²) in [6, 6.07) is 9.02. The van der Waals surface area contributed by atoms with Gasteiger partial charge in [-0.25, -0.2) is 9.18 Å². The first-order valence-corrected chi connectivity index (χ1v) is 12.5. The molecule has 1 fully saturated rings. The molecule has 3 rings (SSSR count). The van der Waals surface area contributed by atoms with Gasteiger partial charge in [-0.1, -0.05) is 39.0 Å². The number of hydrogen-bond acceptors (Lipinski definition) is 4. The van der Waals surface area contributed by atoms with E-state index >= 15 is 0 Å². The van der Waals surface area contributed by atoms with E-state index in [1.165, 1.54) is 31.4 Å². The molecule has 0 atom stereocenters. The zero-order chi connectivity index (χ0) is 24.2. The molecule has 0 unspecified atom stereocenters. The van der Waals surface area contributed by atoms with Crippen LogP contribution in [0.1, 0.15) is 81.5 Å². The molecule has 0 bridgehead atoms. The molecule has 1 aliphatic carbocycles. The quantitative estimate of drug-likeness (QED) is 0.170. The van der Waals surface area contributed by atoms with Gasteiger partial charge in [-0.15, -0.1) is 0 Å². The second kappa shape index (κ2) is 13.9. The van der Waals surface area contributed by atoms with E-state index in [9.17, 15) is 13.6 Å². The summed E-state index contributed by atoms with van der Waals surface area (Å²) in [6.07, 6.45) is 13.3. The molecular weight excluding hydrogens is 438 g/mol. The Kier molecular flexibility index (Phi) is 10.6. The molecule has 0 aromatic heterocycles. The van der Waals surface area contributed by atoms with Crippen LogP contribution in [0.5, 0.6) is 17.2 Å². The van der Waals surface area contributed by atoms with Crippen LogP contribution in [-0.2, 0) is 0 Å². The van der Waals surface area contributed by atoms with Crippen LogP contribution in [0.2, 0.25) is 0 Å². The van der Waals surface area contributed by atoms with E-state index in [-0.39, 0.29) is 11.5 Å². The maximum absolute atomic E-state index is 14.5. The Morgan fingerprint density at radius 2 is 1.53 bits per heavy atom. The zero-order valence-electron chi connectivity index (χ0n) is 20.0. The predicted molar refractivity (Wildman–Crippen MR) is 128 cm³/mol. The fourth-order valence-electron chi connectivity index (χ4n) is 4.01. The second-order valence-corrected chi connectivity index (χ2v) is 8.84. The maximum Gasteiger partial charge on any atom is 0.346 e. The Bertz CT molecular complexity index is 892. The van der Waals surface area contributed by atoms with Crippen LogP contribution in [0.15, 0.2) is 36.4 Å². The predicted octanol–water partition coefficient (Wildman–Crippen LogP) is 7.70. The topological polar surface area (TPSA) is 44.8 Å². The normalized spacial score (nSPS) is 14.1. The highest BCUT2D eigenvalue weighted by molar-refractivity contribution is 5.91. The summed E-state index contributed by atoms with van der Waals surface area (Å²) in [4.78, 5) is 12.4. The minimum absolute atomic E-state index is 0.194.